The van der Waals surface area contributed by atoms with E-state index in [1.165, 1.54) is 36.4 Å². The number of rotatable bonds is 6. The fraction of sp³-hybridized carbons (Fsp3) is 0.308. The van der Waals surface area contributed by atoms with Crippen molar-refractivity contribution in [2.75, 3.05) is 13.1 Å². The van der Waals surface area contributed by atoms with Crippen LogP contribution in [0.25, 0.3) is 0 Å². The van der Waals surface area contributed by atoms with E-state index in [-0.39, 0.29) is 35.4 Å². The van der Waals surface area contributed by atoms with Crippen molar-refractivity contribution in [3.63, 3.8) is 0 Å². The van der Waals surface area contributed by atoms with Crippen LogP contribution in [0, 0.1) is 35.1 Å². The third kappa shape index (κ3) is 4.67. The van der Waals surface area contributed by atoms with Gasteiger partial charge in [-0.15, -0.1) is 0 Å². The van der Waals surface area contributed by atoms with Gasteiger partial charge < -0.3 is 0 Å². The normalized spacial score (nSPS) is 16.0. The first-order chi connectivity index (χ1) is 14.8. The summed E-state index contributed by atoms with van der Waals surface area (Å²) in [6.45, 7) is 5.57. The number of hydrogen-bond acceptors (Lipinski definition) is 1. The minimum atomic E-state index is -0.563. The van der Waals surface area contributed by atoms with Crippen molar-refractivity contribution in [1.29, 1.82) is 0 Å². The fourth-order valence-corrected chi connectivity index (χ4v) is 4.86. The predicted molar refractivity (Wildman–Crippen MR) is 114 cm³/mol. The monoisotopic (exact) mass is 427 g/mol. The highest BCUT2D eigenvalue weighted by atomic mass is 19.1. The van der Waals surface area contributed by atoms with E-state index in [1.54, 1.807) is 24.3 Å². The van der Waals surface area contributed by atoms with E-state index in [0.717, 1.165) is 30.3 Å². The Morgan fingerprint density at radius 3 is 1.52 bits per heavy atom. The number of nitrogens with zero attached hydrogens (tertiary/aromatic N) is 1. The zero-order valence-electron chi connectivity index (χ0n) is 17.5. The Bertz CT molecular complexity index is 959. The maximum Gasteiger partial charge on any atom is 0.126 e. The van der Waals surface area contributed by atoms with Crippen molar-refractivity contribution in [3.05, 3.63) is 107 Å². The van der Waals surface area contributed by atoms with Gasteiger partial charge in [0, 0.05) is 19.2 Å². The molecule has 0 N–H and O–H groups in total. The molecule has 162 valence electrons. The van der Waals surface area contributed by atoms with E-state index in [9.17, 15) is 17.6 Å². The molecule has 0 spiro atoms. The van der Waals surface area contributed by atoms with E-state index in [0.29, 0.717) is 5.56 Å². The Labute approximate surface area is 180 Å². The molecule has 1 heterocycles. The first-order valence-corrected chi connectivity index (χ1v) is 10.5. The van der Waals surface area contributed by atoms with Crippen LogP contribution in [-0.4, -0.2) is 18.0 Å². The second-order valence-electron chi connectivity index (χ2n) is 8.69. The van der Waals surface area contributed by atoms with Crippen LogP contribution in [0.5, 0.6) is 0 Å². The molecule has 1 aliphatic rings. The van der Waals surface area contributed by atoms with Crippen LogP contribution in [0.2, 0.25) is 0 Å². The first-order valence-electron chi connectivity index (χ1n) is 10.5. The molecular weight excluding hydrogens is 402 g/mol. The van der Waals surface area contributed by atoms with E-state index < -0.39 is 11.6 Å². The van der Waals surface area contributed by atoms with Crippen molar-refractivity contribution < 1.29 is 17.6 Å². The fourth-order valence-electron chi connectivity index (χ4n) is 4.86. The lowest BCUT2D eigenvalue weighted by molar-refractivity contribution is 0.0410. The molecule has 0 saturated carbocycles. The third-order valence-electron chi connectivity index (χ3n) is 6.17. The summed E-state index contributed by atoms with van der Waals surface area (Å²) in [4.78, 5) is 2.25. The van der Waals surface area contributed by atoms with E-state index in [1.807, 2.05) is 0 Å². The largest absolute Gasteiger partial charge is 0.292 e. The van der Waals surface area contributed by atoms with Gasteiger partial charge >= 0.3 is 0 Å². The van der Waals surface area contributed by atoms with Gasteiger partial charge in [-0.05, 0) is 70.8 Å². The number of halogens is 4. The highest BCUT2D eigenvalue weighted by Crippen LogP contribution is 2.42. The van der Waals surface area contributed by atoms with E-state index in [2.05, 4.69) is 18.7 Å². The topological polar surface area (TPSA) is 3.24 Å². The van der Waals surface area contributed by atoms with Gasteiger partial charge in [-0.2, -0.15) is 0 Å². The van der Waals surface area contributed by atoms with Gasteiger partial charge in [0.25, 0.3) is 0 Å². The molecular formula is C26H25F4N. The standard InChI is InChI=1S/C26H25F4N/c1-16(2)25(19-11-23(29)13-24(30)12-19)20-14-31(15-20)26(17-3-7-21(27)8-4-17)18-5-9-22(28)10-6-18/h3-13,16,20,25-26H,14-15H2,1-2H3. The lowest BCUT2D eigenvalue weighted by atomic mass is 9.73. The molecule has 0 aliphatic carbocycles. The minimum Gasteiger partial charge on any atom is -0.292 e. The summed E-state index contributed by atoms with van der Waals surface area (Å²) in [6, 6.07) is 16.3. The maximum absolute atomic E-state index is 13.8. The van der Waals surface area contributed by atoms with Gasteiger partial charge in [0.2, 0.25) is 0 Å². The van der Waals surface area contributed by atoms with Crippen LogP contribution in [0.4, 0.5) is 17.6 Å². The van der Waals surface area contributed by atoms with Crippen molar-refractivity contribution in [3.8, 4) is 0 Å². The van der Waals surface area contributed by atoms with Crippen molar-refractivity contribution in [1.82, 2.24) is 4.90 Å². The molecule has 0 aromatic heterocycles. The number of likely N-dealkylation sites (tertiary alicyclic amines) is 1. The molecule has 3 aromatic carbocycles. The maximum atomic E-state index is 13.8. The molecule has 1 unspecified atom stereocenters. The molecule has 1 nitrogen and oxygen atoms in total. The molecule has 0 amide bonds. The quantitative estimate of drug-likeness (QED) is 0.396. The summed E-state index contributed by atoms with van der Waals surface area (Å²) in [5.74, 6) is -1.29. The summed E-state index contributed by atoms with van der Waals surface area (Å²) in [7, 11) is 0. The molecule has 1 fully saturated rings. The molecule has 1 saturated heterocycles. The van der Waals surface area contributed by atoms with Crippen LogP contribution in [0.15, 0.2) is 66.7 Å². The highest BCUT2D eigenvalue weighted by Gasteiger charge is 2.40. The summed E-state index contributed by atoms with van der Waals surface area (Å²) < 4.78 is 54.7. The Hall–Kier alpha value is -2.66. The summed E-state index contributed by atoms with van der Waals surface area (Å²) in [5.41, 5.74) is 2.52. The zero-order valence-corrected chi connectivity index (χ0v) is 17.5. The average molecular weight is 427 g/mol. The zero-order chi connectivity index (χ0) is 22.1. The van der Waals surface area contributed by atoms with Crippen LogP contribution >= 0.6 is 0 Å². The average Bonchev–Trinajstić information content (AvgIpc) is 2.67. The Kier molecular flexibility index (Phi) is 6.15. The van der Waals surface area contributed by atoms with Gasteiger partial charge in [-0.25, -0.2) is 17.6 Å². The van der Waals surface area contributed by atoms with Crippen molar-refractivity contribution in [2.45, 2.75) is 25.8 Å². The first kappa shape index (κ1) is 21.6. The Morgan fingerprint density at radius 2 is 1.10 bits per heavy atom. The van der Waals surface area contributed by atoms with Crippen LogP contribution in [-0.2, 0) is 0 Å². The Morgan fingerprint density at radius 1 is 0.645 bits per heavy atom. The summed E-state index contributed by atoms with van der Waals surface area (Å²) >= 11 is 0. The molecule has 1 aliphatic heterocycles. The molecule has 4 rings (SSSR count). The molecule has 1 atom stereocenters. The minimum absolute atomic E-state index is 0.0172. The lowest BCUT2D eigenvalue weighted by Gasteiger charge is -2.49. The van der Waals surface area contributed by atoms with Gasteiger partial charge in [0.1, 0.15) is 23.3 Å². The molecule has 0 bridgehead atoms. The second-order valence-corrected chi connectivity index (χ2v) is 8.69. The molecule has 5 heteroatoms. The number of hydrogen-bond donors (Lipinski definition) is 0. The molecule has 3 aromatic rings. The number of benzene rings is 3. The van der Waals surface area contributed by atoms with E-state index >= 15 is 0 Å². The lowest BCUT2D eigenvalue weighted by Crippen LogP contribution is -2.51. The van der Waals surface area contributed by atoms with Crippen molar-refractivity contribution in [2.24, 2.45) is 11.8 Å². The SMILES string of the molecule is CC(C)C(c1cc(F)cc(F)c1)C1CN(C(c2ccc(F)cc2)c2ccc(F)cc2)C1. The van der Waals surface area contributed by atoms with Crippen LogP contribution < -0.4 is 0 Å². The van der Waals surface area contributed by atoms with Gasteiger partial charge in [0.15, 0.2) is 0 Å². The Balaban J connectivity index is 1.60. The van der Waals surface area contributed by atoms with Crippen LogP contribution in [0.3, 0.4) is 0 Å². The predicted octanol–water partition coefficient (Wildman–Crippen LogP) is 6.70. The molecule has 0 radical (unpaired) electrons. The summed E-state index contributed by atoms with van der Waals surface area (Å²) in [5, 5.41) is 0. The van der Waals surface area contributed by atoms with Gasteiger partial charge in [-0.1, -0.05) is 38.1 Å². The highest BCUT2D eigenvalue weighted by molar-refractivity contribution is 5.33. The molecule has 31 heavy (non-hydrogen) atoms. The van der Waals surface area contributed by atoms with Crippen LogP contribution in [0.1, 0.15) is 42.5 Å². The summed E-state index contributed by atoms with van der Waals surface area (Å²) in [6.07, 6.45) is 0. The van der Waals surface area contributed by atoms with Crippen molar-refractivity contribution >= 4 is 0 Å². The van der Waals surface area contributed by atoms with Gasteiger partial charge in [-0.3, -0.25) is 4.90 Å². The van der Waals surface area contributed by atoms with E-state index in [4.69, 9.17) is 0 Å². The third-order valence-corrected chi connectivity index (χ3v) is 6.17. The second kappa shape index (κ2) is 8.83. The smallest absolute Gasteiger partial charge is 0.126 e. The van der Waals surface area contributed by atoms with Gasteiger partial charge in [0.05, 0.1) is 6.04 Å².